The lowest BCUT2D eigenvalue weighted by Crippen LogP contribution is -2.01. The lowest BCUT2D eigenvalue weighted by atomic mass is 10.2. The van der Waals surface area contributed by atoms with Gasteiger partial charge in [0.2, 0.25) is 0 Å². The van der Waals surface area contributed by atoms with Gasteiger partial charge < -0.3 is 9.47 Å². The highest BCUT2D eigenvalue weighted by Crippen LogP contribution is 2.26. The van der Waals surface area contributed by atoms with Crippen LogP contribution >= 0.6 is 23.2 Å². The number of rotatable bonds is 4. The largest absolute Gasteiger partial charge is 0.374 e. The summed E-state index contributed by atoms with van der Waals surface area (Å²) in [6.07, 6.45) is 0.285. The van der Waals surface area contributed by atoms with Gasteiger partial charge in [0.25, 0.3) is 0 Å². The Bertz CT molecular complexity index is 324. The Balaban J connectivity index is 1.90. The van der Waals surface area contributed by atoms with Gasteiger partial charge in [-0.1, -0.05) is 35.3 Å². The molecule has 2 nitrogen and oxygen atoms in total. The molecule has 2 rings (SSSR count). The number of epoxide rings is 1. The van der Waals surface area contributed by atoms with E-state index >= 15 is 0 Å². The normalized spacial score (nSPS) is 19.7. The van der Waals surface area contributed by atoms with E-state index < -0.39 is 0 Å². The molecule has 1 unspecified atom stereocenters. The molecule has 1 atom stereocenters. The topological polar surface area (TPSA) is 21.8 Å². The van der Waals surface area contributed by atoms with Gasteiger partial charge in [-0.15, -0.1) is 0 Å². The SMILES string of the molecule is Clc1cccc(COCC2CO2)c1Cl. The molecular weight excluding hydrogens is 223 g/mol. The zero-order valence-electron chi connectivity index (χ0n) is 7.50. The summed E-state index contributed by atoms with van der Waals surface area (Å²) in [5.74, 6) is 0. The quantitative estimate of drug-likeness (QED) is 0.746. The van der Waals surface area contributed by atoms with Crippen molar-refractivity contribution in [3.05, 3.63) is 33.8 Å². The Morgan fingerprint density at radius 2 is 2.21 bits per heavy atom. The summed E-state index contributed by atoms with van der Waals surface area (Å²) < 4.78 is 10.4. The lowest BCUT2D eigenvalue weighted by Gasteiger charge is -2.05. The first-order valence-corrected chi connectivity index (χ1v) is 5.15. The zero-order chi connectivity index (χ0) is 9.97. The summed E-state index contributed by atoms with van der Waals surface area (Å²) >= 11 is 11.8. The molecule has 0 aliphatic carbocycles. The second-order valence-electron chi connectivity index (χ2n) is 3.18. The molecule has 0 aromatic heterocycles. The monoisotopic (exact) mass is 232 g/mol. The maximum atomic E-state index is 5.98. The summed E-state index contributed by atoms with van der Waals surface area (Å²) in [4.78, 5) is 0. The number of hydrogen-bond acceptors (Lipinski definition) is 2. The summed E-state index contributed by atoms with van der Waals surface area (Å²) in [7, 11) is 0. The van der Waals surface area contributed by atoms with Crippen LogP contribution in [0.4, 0.5) is 0 Å². The fraction of sp³-hybridized carbons (Fsp3) is 0.400. The summed E-state index contributed by atoms with van der Waals surface area (Å²) in [6.45, 7) is 1.92. The van der Waals surface area contributed by atoms with Gasteiger partial charge in [0.05, 0.1) is 29.9 Å². The van der Waals surface area contributed by atoms with Crippen molar-refractivity contribution in [3.63, 3.8) is 0 Å². The molecule has 4 heteroatoms. The van der Waals surface area contributed by atoms with Crippen molar-refractivity contribution >= 4 is 23.2 Å². The first-order chi connectivity index (χ1) is 6.77. The van der Waals surface area contributed by atoms with Gasteiger partial charge in [0.1, 0.15) is 6.10 Å². The minimum absolute atomic E-state index is 0.285. The van der Waals surface area contributed by atoms with Gasteiger partial charge in [-0.05, 0) is 11.6 Å². The molecule has 1 aliphatic heterocycles. The molecule has 1 heterocycles. The summed E-state index contributed by atoms with van der Waals surface area (Å²) in [5, 5.41) is 1.14. The van der Waals surface area contributed by atoms with Crippen molar-refractivity contribution in [2.75, 3.05) is 13.2 Å². The third-order valence-electron chi connectivity index (χ3n) is 2.00. The smallest absolute Gasteiger partial charge is 0.104 e. The number of ether oxygens (including phenoxy) is 2. The van der Waals surface area contributed by atoms with Gasteiger partial charge in [0.15, 0.2) is 0 Å². The third-order valence-corrected chi connectivity index (χ3v) is 2.85. The second-order valence-corrected chi connectivity index (χ2v) is 3.97. The molecule has 1 aliphatic rings. The van der Waals surface area contributed by atoms with E-state index in [9.17, 15) is 0 Å². The predicted molar refractivity (Wildman–Crippen MR) is 55.9 cm³/mol. The first-order valence-electron chi connectivity index (χ1n) is 4.39. The van der Waals surface area contributed by atoms with Crippen LogP contribution in [0.15, 0.2) is 18.2 Å². The zero-order valence-corrected chi connectivity index (χ0v) is 9.02. The standard InChI is InChI=1S/C10H10Cl2O2/c11-9-3-1-2-7(10(9)12)4-13-5-8-6-14-8/h1-3,8H,4-6H2. The predicted octanol–water partition coefficient (Wildman–Crippen LogP) is 2.91. The fourth-order valence-corrected chi connectivity index (χ4v) is 1.50. The maximum Gasteiger partial charge on any atom is 0.104 e. The van der Waals surface area contributed by atoms with E-state index in [-0.39, 0.29) is 6.10 Å². The van der Waals surface area contributed by atoms with Crippen LogP contribution in [0.25, 0.3) is 0 Å². The summed E-state index contributed by atoms with van der Waals surface area (Å²) in [5.41, 5.74) is 0.916. The molecule has 1 aromatic carbocycles. The molecule has 0 N–H and O–H groups in total. The van der Waals surface area contributed by atoms with Gasteiger partial charge in [-0.2, -0.15) is 0 Å². The minimum atomic E-state index is 0.285. The van der Waals surface area contributed by atoms with Gasteiger partial charge in [-0.3, -0.25) is 0 Å². The van der Waals surface area contributed by atoms with Crippen molar-refractivity contribution in [3.8, 4) is 0 Å². The van der Waals surface area contributed by atoms with E-state index in [0.29, 0.717) is 23.3 Å². The average molecular weight is 233 g/mol. The number of halogens is 2. The van der Waals surface area contributed by atoms with Crippen molar-refractivity contribution in [1.29, 1.82) is 0 Å². The molecule has 0 bridgehead atoms. The Morgan fingerprint density at radius 3 is 2.93 bits per heavy atom. The van der Waals surface area contributed by atoms with Crippen molar-refractivity contribution < 1.29 is 9.47 Å². The van der Waals surface area contributed by atoms with Gasteiger partial charge >= 0.3 is 0 Å². The van der Waals surface area contributed by atoms with Crippen LogP contribution in [0, 0.1) is 0 Å². The summed E-state index contributed by atoms with van der Waals surface area (Å²) in [6, 6.07) is 5.53. The average Bonchev–Trinajstić information content (AvgIpc) is 2.96. The Morgan fingerprint density at radius 1 is 1.43 bits per heavy atom. The van der Waals surface area contributed by atoms with Crippen LogP contribution in [0.1, 0.15) is 5.56 Å². The Kier molecular flexibility index (Phi) is 3.29. The van der Waals surface area contributed by atoms with Crippen LogP contribution in [0.2, 0.25) is 10.0 Å². The Hall–Kier alpha value is -0.280. The van der Waals surface area contributed by atoms with Crippen molar-refractivity contribution in [2.24, 2.45) is 0 Å². The first kappa shape index (κ1) is 10.2. The number of hydrogen-bond donors (Lipinski definition) is 0. The van der Waals surface area contributed by atoms with Crippen LogP contribution in [0.3, 0.4) is 0 Å². The molecular formula is C10H10Cl2O2. The highest BCUT2D eigenvalue weighted by atomic mass is 35.5. The van der Waals surface area contributed by atoms with Gasteiger partial charge in [0, 0.05) is 0 Å². The van der Waals surface area contributed by atoms with Crippen LogP contribution < -0.4 is 0 Å². The minimum Gasteiger partial charge on any atom is -0.374 e. The van der Waals surface area contributed by atoms with Crippen molar-refractivity contribution in [2.45, 2.75) is 12.7 Å². The van der Waals surface area contributed by atoms with Crippen molar-refractivity contribution in [1.82, 2.24) is 0 Å². The highest BCUT2D eigenvalue weighted by Gasteiger charge is 2.22. The molecule has 1 saturated heterocycles. The molecule has 1 aromatic rings. The molecule has 76 valence electrons. The maximum absolute atomic E-state index is 5.98. The molecule has 14 heavy (non-hydrogen) atoms. The molecule has 0 spiro atoms. The van der Waals surface area contributed by atoms with E-state index in [2.05, 4.69) is 0 Å². The molecule has 0 amide bonds. The number of benzene rings is 1. The lowest BCUT2D eigenvalue weighted by molar-refractivity contribution is 0.104. The highest BCUT2D eigenvalue weighted by molar-refractivity contribution is 6.42. The fourth-order valence-electron chi connectivity index (χ4n) is 1.12. The second kappa shape index (κ2) is 4.49. The molecule has 0 radical (unpaired) electrons. The Labute approximate surface area is 92.7 Å². The molecule has 1 fully saturated rings. The van der Waals surface area contributed by atoms with E-state index in [1.54, 1.807) is 6.07 Å². The van der Waals surface area contributed by atoms with E-state index in [4.69, 9.17) is 32.7 Å². The van der Waals surface area contributed by atoms with E-state index in [0.717, 1.165) is 12.2 Å². The third kappa shape index (κ3) is 2.61. The van der Waals surface area contributed by atoms with Crippen LogP contribution in [-0.2, 0) is 16.1 Å². The van der Waals surface area contributed by atoms with E-state index in [1.165, 1.54) is 0 Å². The van der Waals surface area contributed by atoms with Gasteiger partial charge in [-0.25, -0.2) is 0 Å². The molecule has 0 saturated carbocycles. The van der Waals surface area contributed by atoms with E-state index in [1.807, 2.05) is 12.1 Å². The van der Waals surface area contributed by atoms with Crippen LogP contribution in [-0.4, -0.2) is 19.3 Å². The van der Waals surface area contributed by atoms with Crippen LogP contribution in [0.5, 0.6) is 0 Å².